The molecule has 0 fully saturated rings. The highest BCUT2D eigenvalue weighted by molar-refractivity contribution is 14.0. The van der Waals surface area contributed by atoms with E-state index in [0.29, 0.717) is 37.4 Å². The molecule has 0 aliphatic heterocycles. The van der Waals surface area contributed by atoms with Gasteiger partial charge in [0.15, 0.2) is 11.8 Å². The second-order valence-corrected chi connectivity index (χ2v) is 4.89. The summed E-state index contributed by atoms with van der Waals surface area (Å²) in [4.78, 5) is 8.36. The third-order valence-electron chi connectivity index (χ3n) is 2.11. The van der Waals surface area contributed by atoms with Crippen LogP contribution >= 0.6 is 24.0 Å². The van der Waals surface area contributed by atoms with Crippen LogP contribution in [0.15, 0.2) is 9.52 Å². The van der Waals surface area contributed by atoms with Crippen LogP contribution in [-0.2, 0) is 16.7 Å². The molecule has 1 aromatic heterocycles. The Hall–Kier alpha value is -0.900. The highest BCUT2D eigenvalue weighted by atomic mass is 127. The zero-order chi connectivity index (χ0) is 13.6. The number of ether oxygens (including phenoxy) is 1. The summed E-state index contributed by atoms with van der Waals surface area (Å²) in [6, 6.07) is 0. The summed E-state index contributed by atoms with van der Waals surface area (Å²) in [6.07, 6.45) is 0. The monoisotopic (exact) mass is 383 g/mol. The average molecular weight is 383 g/mol. The van der Waals surface area contributed by atoms with Gasteiger partial charge < -0.3 is 20.3 Å². The molecule has 0 spiro atoms. The molecule has 3 N–H and O–H groups in total. The van der Waals surface area contributed by atoms with Crippen molar-refractivity contribution in [1.29, 1.82) is 0 Å². The van der Waals surface area contributed by atoms with Gasteiger partial charge in [-0.3, -0.25) is 0 Å². The van der Waals surface area contributed by atoms with E-state index in [1.165, 1.54) is 0 Å². The lowest BCUT2D eigenvalue weighted by Crippen LogP contribution is -2.34. The molecule has 1 rings (SSSR count). The Kier molecular flexibility index (Phi) is 7.91. The van der Waals surface area contributed by atoms with E-state index < -0.39 is 0 Å². The van der Waals surface area contributed by atoms with Crippen LogP contribution in [0.5, 0.6) is 0 Å². The molecule has 0 aromatic carbocycles. The standard InChI is InChI=1S/C11H21N5O2.HI/c1-11(2,3)9-15-8(16-18-9)7-14-10(12)13-5-6-17-4;/h5-7H2,1-4H3,(H3,12,13,14);1H. The molecular formula is C11H22IN5O2. The van der Waals surface area contributed by atoms with Crippen molar-refractivity contribution in [2.24, 2.45) is 10.7 Å². The molecule has 0 aliphatic rings. The summed E-state index contributed by atoms with van der Waals surface area (Å²) < 4.78 is 10.0. The van der Waals surface area contributed by atoms with Gasteiger partial charge >= 0.3 is 0 Å². The number of aromatic nitrogens is 2. The smallest absolute Gasteiger partial charge is 0.232 e. The van der Waals surface area contributed by atoms with Crippen molar-refractivity contribution in [2.45, 2.75) is 32.7 Å². The molecule has 0 unspecified atom stereocenters. The number of aliphatic imine (C=N–C) groups is 1. The zero-order valence-electron chi connectivity index (χ0n) is 11.8. The fraction of sp³-hybridized carbons (Fsp3) is 0.727. The van der Waals surface area contributed by atoms with Gasteiger partial charge in [0.25, 0.3) is 0 Å². The molecule has 19 heavy (non-hydrogen) atoms. The lowest BCUT2D eigenvalue weighted by atomic mass is 9.97. The first-order valence-electron chi connectivity index (χ1n) is 5.79. The number of guanidine groups is 1. The Balaban J connectivity index is 0.00000324. The molecular weight excluding hydrogens is 361 g/mol. The number of halogens is 1. The molecule has 110 valence electrons. The van der Waals surface area contributed by atoms with Gasteiger partial charge in [-0.2, -0.15) is 4.98 Å². The molecule has 0 radical (unpaired) electrons. The number of nitrogens with two attached hydrogens (primary N) is 1. The van der Waals surface area contributed by atoms with Gasteiger partial charge in [0, 0.05) is 19.1 Å². The van der Waals surface area contributed by atoms with Crippen molar-refractivity contribution in [2.75, 3.05) is 20.3 Å². The van der Waals surface area contributed by atoms with Crippen molar-refractivity contribution in [1.82, 2.24) is 15.5 Å². The number of hydrogen-bond donors (Lipinski definition) is 2. The number of nitrogens with one attached hydrogen (secondary N) is 1. The van der Waals surface area contributed by atoms with Crippen LogP contribution in [-0.4, -0.2) is 36.4 Å². The molecule has 0 amide bonds. The Bertz CT molecular complexity index is 400. The molecule has 7 nitrogen and oxygen atoms in total. The summed E-state index contributed by atoms with van der Waals surface area (Å²) in [5.74, 6) is 1.46. The highest BCUT2D eigenvalue weighted by Gasteiger charge is 2.21. The number of rotatable bonds is 5. The van der Waals surface area contributed by atoms with Gasteiger partial charge in [-0.05, 0) is 0 Å². The van der Waals surface area contributed by atoms with Crippen LogP contribution in [0.1, 0.15) is 32.5 Å². The van der Waals surface area contributed by atoms with E-state index >= 15 is 0 Å². The van der Waals surface area contributed by atoms with Gasteiger partial charge in [-0.15, -0.1) is 24.0 Å². The summed E-state index contributed by atoms with van der Waals surface area (Å²) in [7, 11) is 1.63. The van der Waals surface area contributed by atoms with Crippen LogP contribution in [0.3, 0.4) is 0 Å². The van der Waals surface area contributed by atoms with Crippen molar-refractivity contribution in [3.63, 3.8) is 0 Å². The molecule has 0 saturated carbocycles. The largest absolute Gasteiger partial charge is 0.383 e. The maximum absolute atomic E-state index is 5.65. The second-order valence-electron chi connectivity index (χ2n) is 4.89. The number of nitrogens with zero attached hydrogens (tertiary/aromatic N) is 3. The van der Waals surface area contributed by atoms with Crippen molar-refractivity contribution < 1.29 is 9.26 Å². The van der Waals surface area contributed by atoms with E-state index in [2.05, 4.69) is 20.4 Å². The summed E-state index contributed by atoms with van der Waals surface area (Å²) in [5.41, 5.74) is 5.50. The molecule has 0 aliphatic carbocycles. The first kappa shape index (κ1) is 18.1. The topological polar surface area (TPSA) is 98.6 Å². The molecule has 1 aromatic rings. The van der Waals surface area contributed by atoms with E-state index in [1.807, 2.05) is 20.8 Å². The summed E-state index contributed by atoms with van der Waals surface area (Å²) in [5, 5.41) is 6.76. The van der Waals surface area contributed by atoms with Crippen LogP contribution in [0.25, 0.3) is 0 Å². The number of hydrogen-bond acceptors (Lipinski definition) is 5. The third-order valence-corrected chi connectivity index (χ3v) is 2.11. The predicted octanol–water partition coefficient (Wildman–Crippen LogP) is 1.04. The normalized spacial score (nSPS) is 12.1. The van der Waals surface area contributed by atoms with Gasteiger partial charge in [-0.25, -0.2) is 4.99 Å². The Morgan fingerprint density at radius 1 is 1.47 bits per heavy atom. The van der Waals surface area contributed by atoms with Gasteiger partial charge in [-0.1, -0.05) is 25.9 Å². The molecule has 1 heterocycles. The zero-order valence-corrected chi connectivity index (χ0v) is 14.1. The van der Waals surface area contributed by atoms with Crippen LogP contribution in [0.2, 0.25) is 0 Å². The summed E-state index contributed by atoms with van der Waals surface area (Å²) >= 11 is 0. The second kappa shape index (κ2) is 8.31. The average Bonchev–Trinajstić information content (AvgIpc) is 2.75. The van der Waals surface area contributed by atoms with Crippen LogP contribution < -0.4 is 11.1 Å². The van der Waals surface area contributed by atoms with Crippen LogP contribution in [0.4, 0.5) is 0 Å². The minimum absolute atomic E-state index is 0. The lowest BCUT2D eigenvalue weighted by molar-refractivity contribution is 0.204. The SMILES string of the molecule is COCCNC(N)=NCc1noc(C(C)(C)C)n1.I. The minimum Gasteiger partial charge on any atom is -0.383 e. The van der Waals surface area contributed by atoms with Gasteiger partial charge in [0.1, 0.15) is 6.54 Å². The quantitative estimate of drug-likeness (QED) is 0.341. The van der Waals surface area contributed by atoms with Crippen molar-refractivity contribution >= 4 is 29.9 Å². The van der Waals surface area contributed by atoms with Crippen LogP contribution in [0, 0.1) is 0 Å². The maximum atomic E-state index is 5.65. The minimum atomic E-state index is -0.156. The Morgan fingerprint density at radius 3 is 2.68 bits per heavy atom. The molecule has 0 saturated heterocycles. The van der Waals surface area contributed by atoms with E-state index in [9.17, 15) is 0 Å². The third kappa shape index (κ3) is 6.71. The van der Waals surface area contributed by atoms with E-state index in [0.717, 1.165) is 0 Å². The van der Waals surface area contributed by atoms with E-state index in [-0.39, 0.29) is 29.4 Å². The fourth-order valence-electron chi connectivity index (χ4n) is 1.12. The van der Waals surface area contributed by atoms with E-state index in [1.54, 1.807) is 7.11 Å². The molecule has 0 atom stereocenters. The fourth-order valence-corrected chi connectivity index (χ4v) is 1.12. The predicted molar refractivity (Wildman–Crippen MR) is 83.6 cm³/mol. The van der Waals surface area contributed by atoms with E-state index in [4.69, 9.17) is 15.0 Å². The summed E-state index contributed by atoms with van der Waals surface area (Å²) in [6.45, 7) is 7.51. The first-order valence-corrected chi connectivity index (χ1v) is 5.79. The molecule has 8 heteroatoms. The Labute approximate surface area is 130 Å². The lowest BCUT2D eigenvalue weighted by Gasteiger charge is -2.10. The van der Waals surface area contributed by atoms with Gasteiger partial charge in [0.2, 0.25) is 5.89 Å². The van der Waals surface area contributed by atoms with Gasteiger partial charge in [0.05, 0.1) is 6.61 Å². The highest BCUT2D eigenvalue weighted by Crippen LogP contribution is 2.19. The first-order chi connectivity index (χ1) is 8.43. The maximum Gasteiger partial charge on any atom is 0.232 e. The number of methoxy groups -OCH3 is 1. The Morgan fingerprint density at radius 2 is 2.16 bits per heavy atom. The van der Waals surface area contributed by atoms with Crippen molar-refractivity contribution in [3.05, 3.63) is 11.7 Å². The van der Waals surface area contributed by atoms with Crippen molar-refractivity contribution in [3.8, 4) is 0 Å². The molecule has 0 bridgehead atoms.